The molecule has 5 heterocycles. The first-order valence-electron chi connectivity index (χ1n) is 14.7. The molecule has 0 aliphatic carbocycles. The summed E-state index contributed by atoms with van der Waals surface area (Å²) in [5.41, 5.74) is 11.6. The van der Waals surface area contributed by atoms with Gasteiger partial charge in [-0.05, 0) is 54.1 Å². The molecular formula is C32H28F2N10O3. The zero-order valence-corrected chi connectivity index (χ0v) is 25.0. The Morgan fingerprint density at radius 3 is 2.72 bits per heavy atom. The molecule has 3 aromatic heterocycles. The Balaban J connectivity index is 1.13. The zero-order chi connectivity index (χ0) is 32.8. The third-order valence-electron chi connectivity index (χ3n) is 8.15. The first-order chi connectivity index (χ1) is 22.7. The van der Waals surface area contributed by atoms with E-state index >= 15 is 0 Å². The molecule has 2 aliphatic rings. The summed E-state index contributed by atoms with van der Waals surface area (Å²) in [6.07, 6.45) is 5.51. The molecule has 0 spiro atoms. The summed E-state index contributed by atoms with van der Waals surface area (Å²) in [5, 5.41) is 17.3. The number of amides is 3. The van der Waals surface area contributed by atoms with Crippen LogP contribution in [0.3, 0.4) is 0 Å². The standard InChI is InChI=1S/C32H28F2N10O3/c1-41-15-20(9-10-36-41)18-6-8-25-22(12-18)29(30(35)46)40-44(25)17-28(45)43-16-21(33)14-26(43)32(47)37-24-13-19(5-7-23(24)34)31-39-38-27-4-2-3-11-42(27)31/h2-13,15,21,26,36H,14,16-17H2,1H3,(H2,35,46)(H,37,47). The number of benzene rings is 2. The van der Waals surface area contributed by atoms with Crippen molar-refractivity contribution in [3.05, 3.63) is 96.3 Å². The number of pyridine rings is 1. The Morgan fingerprint density at radius 2 is 1.91 bits per heavy atom. The summed E-state index contributed by atoms with van der Waals surface area (Å²) >= 11 is 0. The van der Waals surface area contributed by atoms with Gasteiger partial charge in [0, 0.05) is 48.6 Å². The topological polar surface area (TPSA) is 156 Å². The average molecular weight is 639 g/mol. The lowest BCUT2D eigenvalue weighted by atomic mass is 10.0. The number of nitrogens with zero attached hydrogens (tertiary/aromatic N) is 7. The molecule has 7 rings (SSSR count). The molecule has 13 nitrogen and oxygen atoms in total. The second kappa shape index (κ2) is 11.7. The summed E-state index contributed by atoms with van der Waals surface area (Å²) < 4.78 is 32.7. The number of likely N-dealkylation sites (tertiary alicyclic amines) is 1. The average Bonchev–Trinajstić information content (AvgIpc) is 3.77. The summed E-state index contributed by atoms with van der Waals surface area (Å²) in [6.45, 7) is -0.724. The predicted molar refractivity (Wildman–Crippen MR) is 168 cm³/mol. The first-order valence-corrected chi connectivity index (χ1v) is 14.7. The van der Waals surface area contributed by atoms with Crippen molar-refractivity contribution in [3.8, 4) is 11.4 Å². The smallest absolute Gasteiger partial charge is 0.269 e. The molecule has 47 heavy (non-hydrogen) atoms. The van der Waals surface area contributed by atoms with Crippen molar-refractivity contribution < 1.29 is 23.2 Å². The van der Waals surface area contributed by atoms with E-state index in [1.54, 1.807) is 46.1 Å². The lowest BCUT2D eigenvalue weighted by Crippen LogP contribution is -2.44. The van der Waals surface area contributed by atoms with Crippen LogP contribution in [0.25, 0.3) is 33.5 Å². The van der Waals surface area contributed by atoms with Gasteiger partial charge in [-0.2, -0.15) is 5.10 Å². The fourth-order valence-electron chi connectivity index (χ4n) is 5.91. The number of rotatable bonds is 7. The molecule has 5 aromatic rings. The summed E-state index contributed by atoms with van der Waals surface area (Å²) in [5.74, 6) is -2.42. The molecule has 1 saturated heterocycles. The highest BCUT2D eigenvalue weighted by Gasteiger charge is 2.40. The molecule has 0 saturated carbocycles. The van der Waals surface area contributed by atoms with E-state index in [1.165, 1.54) is 22.9 Å². The van der Waals surface area contributed by atoms with Crippen LogP contribution in [0.1, 0.15) is 22.5 Å². The van der Waals surface area contributed by atoms with E-state index in [9.17, 15) is 23.2 Å². The highest BCUT2D eigenvalue weighted by molar-refractivity contribution is 6.05. The van der Waals surface area contributed by atoms with Gasteiger partial charge in [-0.25, -0.2) is 8.78 Å². The van der Waals surface area contributed by atoms with Gasteiger partial charge in [-0.3, -0.25) is 28.5 Å². The zero-order valence-electron chi connectivity index (χ0n) is 25.0. The highest BCUT2D eigenvalue weighted by Crippen LogP contribution is 2.29. The van der Waals surface area contributed by atoms with Crippen LogP contribution in [-0.2, 0) is 16.1 Å². The Bertz CT molecular complexity index is 2140. The van der Waals surface area contributed by atoms with Crippen LogP contribution in [0.4, 0.5) is 14.5 Å². The first kappa shape index (κ1) is 29.6. The molecule has 15 heteroatoms. The predicted octanol–water partition coefficient (Wildman–Crippen LogP) is 2.87. The van der Waals surface area contributed by atoms with Gasteiger partial charge in [0.05, 0.1) is 17.7 Å². The van der Waals surface area contributed by atoms with Crippen LogP contribution in [0.15, 0.2) is 79.3 Å². The molecule has 2 aromatic carbocycles. The van der Waals surface area contributed by atoms with E-state index in [-0.39, 0.29) is 24.3 Å². The highest BCUT2D eigenvalue weighted by atomic mass is 19.1. The van der Waals surface area contributed by atoms with Crippen LogP contribution in [0, 0.1) is 5.82 Å². The van der Waals surface area contributed by atoms with E-state index in [1.807, 2.05) is 31.5 Å². The molecule has 238 valence electrons. The number of nitrogens with one attached hydrogen (secondary N) is 2. The minimum absolute atomic E-state index is 0.0311. The van der Waals surface area contributed by atoms with E-state index < -0.39 is 42.3 Å². The number of fused-ring (bicyclic) bond motifs is 2. The number of hydrazine groups is 1. The second-order valence-electron chi connectivity index (χ2n) is 11.3. The Labute approximate surface area is 265 Å². The summed E-state index contributed by atoms with van der Waals surface area (Å²) in [4.78, 5) is 40.4. The Hall–Kier alpha value is -6.12. The second-order valence-corrected chi connectivity index (χ2v) is 11.3. The van der Waals surface area contributed by atoms with Crippen molar-refractivity contribution in [1.82, 2.24) is 39.7 Å². The van der Waals surface area contributed by atoms with E-state index in [0.29, 0.717) is 27.9 Å². The summed E-state index contributed by atoms with van der Waals surface area (Å²) in [7, 11) is 1.84. The molecule has 2 atom stereocenters. The lowest BCUT2D eigenvalue weighted by Gasteiger charge is -2.24. The van der Waals surface area contributed by atoms with Gasteiger partial charge in [0.25, 0.3) is 5.91 Å². The van der Waals surface area contributed by atoms with Crippen LogP contribution >= 0.6 is 0 Å². The number of aromatic nitrogens is 5. The van der Waals surface area contributed by atoms with Crippen LogP contribution in [0.5, 0.6) is 0 Å². The maximum atomic E-state index is 14.9. The van der Waals surface area contributed by atoms with Crippen LogP contribution < -0.4 is 16.5 Å². The molecule has 2 aliphatic heterocycles. The number of alkyl halides is 1. The number of halogens is 2. The van der Waals surface area contributed by atoms with Gasteiger partial charge in [-0.15, -0.1) is 10.2 Å². The van der Waals surface area contributed by atoms with Crippen molar-refractivity contribution in [2.45, 2.75) is 25.2 Å². The largest absolute Gasteiger partial charge is 0.364 e. The van der Waals surface area contributed by atoms with Gasteiger partial charge >= 0.3 is 0 Å². The molecule has 1 fully saturated rings. The van der Waals surface area contributed by atoms with Crippen molar-refractivity contribution in [3.63, 3.8) is 0 Å². The third-order valence-corrected chi connectivity index (χ3v) is 8.15. The fraction of sp³-hybridized carbons (Fsp3) is 0.188. The van der Waals surface area contributed by atoms with Gasteiger partial charge in [0.15, 0.2) is 17.2 Å². The van der Waals surface area contributed by atoms with Crippen LogP contribution in [0.2, 0.25) is 0 Å². The Kier molecular flexibility index (Phi) is 7.34. The normalized spacial score (nSPS) is 17.6. The van der Waals surface area contributed by atoms with Crippen LogP contribution in [-0.4, -0.2) is 77.8 Å². The molecule has 0 radical (unpaired) electrons. The minimum atomic E-state index is -1.48. The minimum Gasteiger partial charge on any atom is -0.364 e. The maximum absolute atomic E-state index is 14.9. The summed E-state index contributed by atoms with van der Waals surface area (Å²) in [6, 6.07) is 13.6. The van der Waals surface area contributed by atoms with Gasteiger partial charge in [0.1, 0.15) is 24.6 Å². The van der Waals surface area contributed by atoms with Gasteiger partial charge in [-0.1, -0.05) is 12.1 Å². The molecule has 2 unspecified atom stereocenters. The van der Waals surface area contributed by atoms with E-state index in [2.05, 4.69) is 26.0 Å². The number of hydrogen-bond donors (Lipinski definition) is 3. The number of carbonyl (C=O) groups excluding carboxylic acids is 3. The SMILES string of the molecule is CN1C=C(c2ccc3c(c2)c(C(N)=O)nn3CC(=O)N2CC(F)CC2C(=O)Nc2cc(-c3nnc4ccccn34)ccc2F)C=CN1. The molecule has 4 N–H and O–H groups in total. The molecule has 0 bridgehead atoms. The molecule has 3 amide bonds. The van der Waals surface area contributed by atoms with Gasteiger partial charge in [0.2, 0.25) is 11.8 Å². The van der Waals surface area contributed by atoms with Crippen molar-refractivity contribution in [2.75, 3.05) is 18.9 Å². The van der Waals surface area contributed by atoms with E-state index in [4.69, 9.17) is 5.73 Å². The number of allylic oxidation sites excluding steroid dienone is 2. The van der Waals surface area contributed by atoms with Crippen molar-refractivity contribution in [2.24, 2.45) is 5.73 Å². The fourth-order valence-corrected chi connectivity index (χ4v) is 5.91. The van der Waals surface area contributed by atoms with E-state index in [0.717, 1.165) is 16.0 Å². The van der Waals surface area contributed by atoms with Crippen molar-refractivity contribution in [1.29, 1.82) is 0 Å². The van der Waals surface area contributed by atoms with Crippen molar-refractivity contribution >= 4 is 45.5 Å². The number of primary amides is 1. The maximum Gasteiger partial charge on any atom is 0.269 e. The quantitative estimate of drug-likeness (QED) is 0.246. The molecular weight excluding hydrogens is 610 g/mol. The van der Waals surface area contributed by atoms with Gasteiger partial charge < -0.3 is 21.4 Å². The monoisotopic (exact) mass is 638 g/mol. The number of anilines is 1. The number of carbonyl (C=O) groups is 3. The third kappa shape index (κ3) is 5.51. The lowest BCUT2D eigenvalue weighted by molar-refractivity contribution is -0.137. The Morgan fingerprint density at radius 1 is 1.09 bits per heavy atom. The number of hydrogen-bond acceptors (Lipinski definition) is 8. The number of nitrogens with two attached hydrogens (primary N) is 1.